The molecule has 0 bridgehead atoms. The van der Waals surface area contributed by atoms with Gasteiger partial charge in [-0.05, 0) is 24.7 Å². The second-order valence-corrected chi connectivity index (χ2v) is 4.73. The van der Waals surface area contributed by atoms with Gasteiger partial charge in [-0.3, -0.25) is 0 Å². The maximum atomic E-state index is 6.08. The van der Waals surface area contributed by atoms with Crippen molar-refractivity contribution < 1.29 is 4.42 Å². The fourth-order valence-electron chi connectivity index (χ4n) is 1.33. The Hall–Kier alpha value is -0.910. The Morgan fingerprint density at radius 3 is 3.00 bits per heavy atom. The van der Waals surface area contributed by atoms with Crippen LogP contribution in [0.3, 0.4) is 0 Å². The minimum atomic E-state index is 0.434. The van der Waals surface area contributed by atoms with Gasteiger partial charge in [-0.25, -0.2) is 0 Å². The average molecular weight is 317 g/mol. The summed E-state index contributed by atoms with van der Waals surface area (Å²) >= 11 is 9.46. The van der Waals surface area contributed by atoms with E-state index < -0.39 is 0 Å². The van der Waals surface area contributed by atoms with Gasteiger partial charge in [0.25, 0.3) is 0 Å². The first kappa shape index (κ1) is 12.5. The van der Waals surface area contributed by atoms with E-state index in [2.05, 4.69) is 31.4 Å². The summed E-state index contributed by atoms with van der Waals surface area (Å²) in [5, 5.41) is 11.6. The van der Waals surface area contributed by atoms with Crippen LogP contribution in [0.5, 0.6) is 0 Å². The second kappa shape index (κ2) is 5.62. The van der Waals surface area contributed by atoms with Crippen LogP contribution in [0.25, 0.3) is 11.5 Å². The molecule has 90 valence electrons. The number of nitrogens with zero attached hydrogens (tertiary/aromatic N) is 2. The molecule has 0 amide bonds. The van der Waals surface area contributed by atoms with E-state index in [1.807, 2.05) is 19.1 Å². The Morgan fingerprint density at radius 2 is 2.24 bits per heavy atom. The van der Waals surface area contributed by atoms with Crippen LogP contribution in [0.2, 0.25) is 5.02 Å². The first-order valence-corrected chi connectivity index (χ1v) is 6.36. The standard InChI is InChI=1S/C11H11BrClN3O/c1-2-14-6-10-15-16-11(17-10)8-5-7(12)3-4-9(8)13/h3-5,14H,2,6H2,1H3. The number of rotatable bonds is 4. The van der Waals surface area contributed by atoms with Gasteiger partial charge in [-0.1, -0.05) is 34.5 Å². The van der Waals surface area contributed by atoms with E-state index in [0.717, 1.165) is 16.6 Å². The minimum absolute atomic E-state index is 0.434. The zero-order chi connectivity index (χ0) is 12.3. The number of hydrogen-bond donors (Lipinski definition) is 1. The maximum absolute atomic E-state index is 6.08. The van der Waals surface area contributed by atoms with Crippen molar-refractivity contribution in [1.82, 2.24) is 15.5 Å². The van der Waals surface area contributed by atoms with Crippen LogP contribution in [0.4, 0.5) is 0 Å². The Kier molecular flexibility index (Phi) is 4.15. The van der Waals surface area contributed by atoms with E-state index in [9.17, 15) is 0 Å². The predicted octanol–water partition coefficient (Wildman–Crippen LogP) is 3.26. The van der Waals surface area contributed by atoms with Crippen LogP contribution in [-0.4, -0.2) is 16.7 Å². The molecule has 0 aliphatic carbocycles. The third-order valence-corrected chi connectivity index (χ3v) is 2.97. The van der Waals surface area contributed by atoms with E-state index in [0.29, 0.717) is 23.3 Å². The van der Waals surface area contributed by atoms with Crippen molar-refractivity contribution in [3.05, 3.63) is 33.6 Å². The third-order valence-electron chi connectivity index (χ3n) is 2.15. The smallest absolute Gasteiger partial charge is 0.249 e. The quantitative estimate of drug-likeness (QED) is 0.940. The van der Waals surface area contributed by atoms with Gasteiger partial charge in [0.15, 0.2) is 0 Å². The van der Waals surface area contributed by atoms with E-state index in [1.54, 1.807) is 6.07 Å². The minimum Gasteiger partial charge on any atom is -0.419 e. The van der Waals surface area contributed by atoms with Crippen molar-refractivity contribution in [3.63, 3.8) is 0 Å². The highest BCUT2D eigenvalue weighted by Crippen LogP contribution is 2.29. The molecule has 0 fully saturated rings. The summed E-state index contributed by atoms with van der Waals surface area (Å²) in [4.78, 5) is 0. The fourth-order valence-corrected chi connectivity index (χ4v) is 1.89. The van der Waals surface area contributed by atoms with Crippen molar-refractivity contribution in [1.29, 1.82) is 0 Å². The summed E-state index contributed by atoms with van der Waals surface area (Å²) in [7, 11) is 0. The number of nitrogens with one attached hydrogen (secondary N) is 1. The molecule has 0 atom stereocenters. The monoisotopic (exact) mass is 315 g/mol. The molecule has 0 unspecified atom stereocenters. The molecular weight excluding hydrogens is 305 g/mol. The first-order chi connectivity index (χ1) is 8.20. The molecule has 1 N–H and O–H groups in total. The van der Waals surface area contributed by atoms with Gasteiger partial charge in [0, 0.05) is 4.47 Å². The van der Waals surface area contributed by atoms with E-state index in [4.69, 9.17) is 16.0 Å². The molecule has 2 rings (SSSR count). The van der Waals surface area contributed by atoms with Crippen molar-refractivity contribution >= 4 is 27.5 Å². The van der Waals surface area contributed by atoms with Crippen LogP contribution in [0.15, 0.2) is 27.1 Å². The highest BCUT2D eigenvalue weighted by atomic mass is 79.9. The lowest BCUT2D eigenvalue weighted by molar-refractivity contribution is 0.482. The molecule has 0 aliphatic rings. The highest BCUT2D eigenvalue weighted by Gasteiger charge is 2.12. The van der Waals surface area contributed by atoms with Gasteiger partial charge in [0.1, 0.15) is 0 Å². The van der Waals surface area contributed by atoms with Crippen LogP contribution in [0, 0.1) is 0 Å². The molecule has 0 saturated heterocycles. The maximum Gasteiger partial charge on any atom is 0.249 e. The molecule has 1 aromatic heterocycles. The lowest BCUT2D eigenvalue weighted by Gasteiger charge is -1.99. The van der Waals surface area contributed by atoms with Gasteiger partial charge in [0.05, 0.1) is 17.1 Å². The van der Waals surface area contributed by atoms with Crippen LogP contribution < -0.4 is 5.32 Å². The number of halogens is 2. The van der Waals surface area contributed by atoms with Crippen molar-refractivity contribution in [2.45, 2.75) is 13.5 Å². The first-order valence-electron chi connectivity index (χ1n) is 5.19. The molecular formula is C11H11BrClN3O. The Bertz CT molecular complexity index is 515. The number of hydrogen-bond acceptors (Lipinski definition) is 4. The van der Waals surface area contributed by atoms with Crippen molar-refractivity contribution in [3.8, 4) is 11.5 Å². The highest BCUT2D eigenvalue weighted by molar-refractivity contribution is 9.10. The molecule has 6 heteroatoms. The van der Waals surface area contributed by atoms with E-state index in [1.165, 1.54) is 0 Å². The van der Waals surface area contributed by atoms with E-state index >= 15 is 0 Å². The average Bonchev–Trinajstić information content (AvgIpc) is 2.78. The van der Waals surface area contributed by atoms with Crippen molar-refractivity contribution in [2.24, 2.45) is 0 Å². The lowest BCUT2D eigenvalue weighted by Crippen LogP contribution is -2.11. The van der Waals surface area contributed by atoms with Gasteiger partial charge >= 0.3 is 0 Å². The molecule has 0 radical (unpaired) electrons. The fraction of sp³-hybridized carbons (Fsp3) is 0.273. The zero-order valence-electron chi connectivity index (χ0n) is 9.20. The van der Waals surface area contributed by atoms with Crippen LogP contribution in [-0.2, 0) is 6.54 Å². The molecule has 1 heterocycles. The summed E-state index contributed by atoms with van der Waals surface area (Å²) < 4.78 is 6.44. The molecule has 17 heavy (non-hydrogen) atoms. The molecule has 1 aromatic carbocycles. The predicted molar refractivity (Wildman–Crippen MR) is 69.8 cm³/mol. The normalized spacial score (nSPS) is 10.8. The molecule has 4 nitrogen and oxygen atoms in total. The summed E-state index contributed by atoms with van der Waals surface area (Å²) in [5.41, 5.74) is 0.733. The lowest BCUT2D eigenvalue weighted by atomic mass is 10.2. The number of benzene rings is 1. The Labute approximate surface area is 113 Å². The topological polar surface area (TPSA) is 51.0 Å². The van der Waals surface area contributed by atoms with Gasteiger partial charge in [0.2, 0.25) is 11.8 Å². The summed E-state index contributed by atoms with van der Waals surface area (Å²) in [5.74, 6) is 0.988. The summed E-state index contributed by atoms with van der Waals surface area (Å²) in [6.45, 7) is 3.44. The summed E-state index contributed by atoms with van der Waals surface area (Å²) in [6.07, 6.45) is 0. The second-order valence-electron chi connectivity index (χ2n) is 3.41. The third kappa shape index (κ3) is 3.06. The molecule has 0 aliphatic heterocycles. The van der Waals surface area contributed by atoms with Gasteiger partial charge < -0.3 is 9.73 Å². The molecule has 0 spiro atoms. The molecule has 2 aromatic rings. The van der Waals surface area contributed by atoms with E-state index in [-0.39, 0.29) is 0 Å². The SMILES string of the molecule is CCNCc1nnc(-c2cc(Br)ccc2Cl)o1. The largest absolute Gasteiger partial charge is 0.419 e. The van der Waals surface area contributed by atoms with Gasteiger partial charge in [-0.2, -0.15) is 0 Å². The van der Waals surface area contributed by atoms with Crippen LogP contribution in [0.1, 0.15) is 12.8 Å². The zero-order valence-corrected chi connectivity index (χ0v) is 11.5. The van der Waals surface area contributed by atoms with Crippen LogP contribution >= 0.6 is 27.5 Å². The Balaban J connectivity index is 2.27. The Morgan fingerprint density at radius 1 is 1.41 bits per heavy atom. The number of aromatic nitrogens is 2. The summed E-state index contributed by atoms with van der Waals surface area (Å²) in [6, 6.07) is 5.50. The van der Waals surface area contributed by atoms with Crippen molar-refractivity contribution in [2.75, 3.05) is 6.54 Å². The molecule has 0 saturated carbocycles. The van der Waals surface area contributed by atoms with Gasteiger partial charge in [-0.15, -0.1) is 10.2 Å².